The van der Waals surface area contributed by atoms with Crippen molar-refractivity contribution in [2.45, 2.75) is 6.04 Å². The summed E-state index contributed by atoms with van der Waals surface area (Å²) in [6.07, 6.45) is 1.76. The minimum Gasteiger partial charge on any atom is -0.507 e. The van der Waals surface area contributed by atoms with Crippen LogP contribution in [0.2, 0.25) is 0 Å². The summed E-state index contributed by atoms with van der Waals surface area (Å²) in [6, 6.07) is 9.92. The maximum absolute atomic E-state index is 10.0. The first kappa shape index (κ1) is 17.9. The van der Waals surface area contributed by atoms with E-state index >= 15 is 0 Å². The van der Waals surface area contributed by atoms with E-state index in [1.165, 1.54) is 31.1 Å². The van der Waals surface area contributed by atoms with Crippen LogP contribution in [0.15, 0.2) is 40.7 Å². The fourth-order valence-electron chi connectivity index (χ4n) is 3.28. The summed E-state index contributed by atoms with van der Waals surface area (Å²) in [5.74, 6) is 0.953. The summed E-state index contributed by atoms with van der Waals surface area (Å²) >= 11 is 1.81. The van der Waals surface area contributed by atoms with Gasteiger partial charge in [-0.05, 0) is 29.6 Å². The smallest absolute Gasteiger partial charge is 0.142 e. The number of thiophene rings is 1. The fraction of sp³-hybridized carbons (Fsp3) is 0.421. The van der Waals surface area contributed by atoms with Gasteiger partial charge in [-0.15, -0.1) is 11.3 Å². The van der Waals surface area contributed by atoms with Gasteiger partial charge in [0, 0.05) is 11.8 Å². The normalized spacial score (nSPS) is 22.2. The molecule has 2 heterocycles. The molecule has 3 rings (SSSR count). The summed E-state index contributed by atoms with van der Waals surface area (Å²) in [5.41, 5.74) is 0.696. The highest BCUT2D eigenvalue weighted by atomic mass is 32.1. The second kappa shape index (κ2) is 8.47. The van der Waals surface area contributed by atoms with Crippen LogP contribution in [0.3, 0.4) is 0 Å². The Morgan fingerprint density at radius 1 is 1.28 bits per heavy atom. The number of ether oxygens (including phenoxy) is 1. The van der Waals surface area contributed by atoms with Crippen LogP contribution in [-0.4, -0.2) is 58.2 Å². The number of aliphatic imine (C=N–C) groups is 1. The van der Waals surface area contributed by atoms with Crippen molar-refractivity contribution < 1.29 is 19.6 Å². The molecule has 0 bridgehead atoms. The van der Waals surface area contributed by atoms with Crippen LogP contribution in [-0.2, 0) is 0 Å². The van der Waals surface area contributed by atoms with E-state index in [-0.39, 0.29) is 5.75 Å². The monoisotopic (exact) mass is 361 g/mol. The molecule has 2 aromatic rings. The van der Waals surface area contributed by atoms with Gasteiger partial charge in [0.15, 0.2) is 0 Å². The Morgan fingerprint density at radius 3 is 2.76 bits per heavy atom. The molecule has 0 aliphatic carbocycles. The lowest BCUT2D eigenvalue weighted by Crippen LogP contribution is -3.27. The number of rotatable bonds is 6. The van der Waals surface area contributed by atoms with E-state index in [1.807, 2.05) is 17.4 Å². The number of hydrogen-bond acceptors (Lipinski definition) is 4. The average Bonchev–Trinajstić information content (AvgIpc) is 3.15. The number of nitrogens with one attached hydrogen (secondary N) is 2. The zero-order valence-corrected chi connectivity index (χ0v) is 15.7. The molecule has 0 radical (unpaired) electrons. The number of methoxy groups -OCH3 is 1. The summed E-state index contributed by atoms with van der Waals surface area (Å²) in [6.45, 7) is 5.49. The van der Waals surface area contributed by atoms with Gasteiger partial charge in [-0.1, -0.05) is 6.07 Å². The molecular weight excluding hydrogens is 334 g/mol. The van der Waals surface area contributed by atoms with Crippen molar-refractivity contribution in [3.63, 3.8) is 0 Å². The predicted octanol–water partition coefficient (Wildman–Crippen LogP) is 0.0357. The van der Waals surface area contributed by atoms with E-state index in [2.05, 4.69) is 29.6 Å². The zero-order valence-electron chi connectivity index (χ0n) is 14.9. The Bertz CT molecular complexity index is 695. The van der Waals surface area contributed by atoms with E-state index in [1.54, 1.807) is 35.3 Å². The molecule has 1 aromatic carbocycles. The van der Waals surface area contributed by atoms with Crippen molar-refractivity contribution in [3.05, 3.63) is 46.2 Å². The van der Waals surface area contributed by atoms with Crippen LogP contribution in [0.1, 0.15) is 16.5 Å². The molecule has 0 saturated carbocycles. The van der Waals surface area contributed by atoms with Gasteiger partial charge < -0.3 is 19.6 Å². The Hall–Kier alpha value is -1.89. The molecule has 134 valence electrons. The highest BCUT2D eigenvalue weighted by molar-refractivity contribution is 7.10. The van der Waals surface area contributed by atoms with Crippen LogP contribution in [0.5, 0.6) is 11.5 Å². The Morgan fingerprint density at radius 2 is 2.08 bits per heavy atom. The summed E-state index contributed by atoms with van der Waals surface area (Å²) < 4.78 is 5.22. The van der Waals surface area contributed by atoms with E-state index in [9.17, 15) is 5.11 Å². The third-order valence-corrected chi connectivity index (χ3v) is 5.86. The minimum atomic E-state index is 0.229. The van der Waals surface area contributed by atoms with Gasteiger partial charge in [0.2, 0.25) is 0 Å². The first-order valence-electron chi connectivity index (χ1n) is 8.73. The van der Waals surface area contributed by atoms with Crippen molar-refractivity contribution >= 4 is 17.6 Å². The van der Waals surface area contributed by atoms with Crippen LogP contribution in [0.25, 0.3) is 0 Å². The van der Waals surface area contributed by atoms with Crippen molar-refractivity contribution in [2.75, 3.05) is 46.9 Å². The molecule has 0 unspecified atom stereocenters. The lowest BCUT2D eigenvalue weighted by Gasteiger charge is -2.32. The molecule has 5 nitrogen and oxygen atoms in total. The highest BCUT2D eigenvalue weighted by Gasteiger charge is 2.29. The molecule has 1 fully saturated rings. The molecular formula is C19H27N3O2S+2. The second-order valence-electron chi connectivity index (χ2n) is 6.60. The number of nitrogens with zero attached hydrogens (tertiary/aromatic N) is 1. The molecule has 1 aliphatic heterocycles. The maximum atomic E-state index is 10.0. The Labute approximate surface area is 153 Å². The number of quaternary nitrogens is 2. The highest BCUT2D eigenvalue weighted by Crippen LogP contribution is 2.21. The van der Waals surface area contributed by atoms with E-state index < -0.39 is 0 Å². The molecule has 0 amide bonds. The minimum absolute atomic E-state index is 0.229. The van der Waals surface area contributed by atoms with E-state index in [4.69, 9.17) is 4.74 Å². The fourth-order valence-corrected chi connectivity index (χ4v) is 4.15. The standard InChI is InChI=1S/C19H25N3O2S/c1-21-7-9-22(10-8-21)17(19-4-3-11-25-19)14-20-13-15-12-16(24-2)5-6-18(15)23/h3-6,11-13,17,23H,7-10,14H2,1-2H3/p+2/t17-/m0/s1. The molecule has 0 spiro atoms. The predicted molar refractivity (Wildman–Crippen MR) is 101 cm³/mol. The zero-order chi connectivity index (χ0) is 17.6. The molecule has 25 heavy (non-hydrogen) atoms. The third kappa shape index (κ3) is 4.60. The van der Waals surface area contributed by atoms with Crippen LogP contribution < -0.4 is 14.5 Å². The van der Waals surface area contributed by atoms with Crippen molar-refractivity contribution in [1.82, 2.24) is 0 Å². The van der Waals surface area contributed by atoms with E-state index in [0.717, 1.165) is 12.3 Å². The van der Waals surface area contributed by atoms with Crippen molar-refractivity contribution in [1.29, 1.82) is 0 Å². The molecule has 3 N–H and O–H groups in total. The van der Waals surface area contributed by atoms with Gasteiger partial charge >= 0.3 is 0 Å². The van der Waals surface area contributed by atoms with Gasteiger partial charge in [0.1, 0.15) is 43.7 Å². The van der Waals surface area contributed by atoms with Gasteiger partial charge in [0.25, 0.3) is 0 Å². The lowest BCUT2D eigenvalue weighted by atomic mass is 10.1. The van der Waals surface area contributed by atoms with Gasteiger partial charge in [-0.25, -0.2) is 0 Å². The molecule has 6 heteroatoms. The second-order valence-corrected chi connectivity index (χ2v) is 7.58. The van der Waals surface area contributed by atoms with Crippen LogP contribution in [0, 0.1) is 0 Å². The maximum Gasteiger partial charge on any atom is 0.142 e. The van der Waals surface area contributed by atoms with Crippen molar-refractivity contribution in [3.8, 4) is 11.5 Å². The largest absolute Gasteiger partial charge is 0.507 e. The van der Waals surface area contributed by atoms with Crippen LogP contribution in [0.4, 0.5) is 0 Å². The van der Waals surface area contributed by atoms with Crippen LogP contribution >= 0.6 is 11.3 Å². The number of aromatic hydroxyl groups is 1. The number of benzene rings is 1. The summed E-state index contributed by atoms with van der Waals surface area (Å²) in [5, 5.41) is 12.1. The quantitative estimate of drug-likeness (QED) is 0.636. The van der Waals surface area contributed by atoms with Gasteiger partial charge in [0.05, 0.1) is 25.6 Å². The van der Waals surface area contributed by atoms with Gasteiger partial charge in [-0.3, -0.25) is 4.99 Å². The number of piperazine rings is 1. The Kier molecular flexibility index (Phi) is 6.07. The number of hydrogen-bond donors (Lipinski definition) is 3. The third-order valence-electron chi connectivity index (χ3n) is 4.88. The molecule has 1 aliphatic rings. The summed E-state index contributed by atoms with van der Waals surface area (Å²) in [7, 11) is 3.89. The number of likely N-dealkylation sites (N-methyl/N-ethyl adjacent to an activating group) is 1. The Balaban J connectivity index is 1.72. The first-order valence-corrected chi connectivity index (χ1v) is 9.61. The lowest BCUT2D eigenvalue weighted by molar-refractivity contribution is -1.02. The van der Waals surface area contributed by atoms with Crippen molar-refractivity contribution in [2.24, 2.45) is 4.99 Å². The SMILES string of the molecule is COc1ccc(O)c(C=NC[C@@H](c2cccs2)[NH+]2CC[NH+](C)CC2)c1. The first-order chi connectivity index (χ1) is 12.2. The molecule has 1 aromatic heterocycles. The molecule has 1 saturated heterocycles. The number of phenols is 1. The molecule has 1 atom stereocenters. The summed E-state index contributed by atoms with van der Waals surface area (Å²) in [4.78, 5) is 9.28. The number of phenolic OH excluding ortho intramolecular Hbond substituents is 1. The van der Waals surface area contributed by atoms with E-state index in [0.29, 0.717) is 11.6 Å². The average molecular weight is 362 g/mol. The topological polar surface area (TPSA) is 50.7 Å². The van der Waals surface area contributed by atoms with Gasteiger partial charge in [-0.2, -0.15) is 0 Å².